The molecule has 4 nitrogen and oxygen atoms in total. The molecule has 0 aliphatic carbocycles. The summed E-state index contributed by atoms with van der Waals surface area (Å²) >= 11 is 5.90. The Labute approximate surface area is 160 Å². The lowest BCUT2D eigenvalue weighted by molar-refractivity contribution is -0.137. The van der Waals surface area contributed by atoms with Crippen molar-refractivity contribution in [2.75, 3.05) is 35.2 Å². The number of anilines is 3. The van der Waals surface area contributed by atoms with Crippen LogP contribution in [0.3, 0.4) is 0 Å². The summed E-state index contributed by atoms with van der Waals surface area (Å²) in [5.41, 5.74) is 0.970. The third kappa shape index (κ3) is 5.07. The van der Waals surface area contributed by atoms with Crippen LogP contribution in [0, 0.1) is 0 Å². The minimum Gasteiger partial charge on any atom is -0.375 e. The van der Waals surface area contributed by atoms with Crippen LogP contribution >= 0.6 is 11.6 Å². The molecule has 2 N–H and O–H groups in total. The lowest BCUT2D eigenvalue weighted by atomic mass is 10.2. The number of hydrogen-bond acceptors (Lipinski definition) is 3. The number of carbonyl (C=O) groups is 1. The predicted octanol–water partition coefficient (Wildman–Crippen LogP) is 5.01. The van der Waals surface area contributed by atoms with E-state index >= 15 is 0 Å². The van der Waals surface area contributed by atoms with Gasteiger partial charge in [0.15, 0.2) is 0 Å². The SMILES string of the molecule is O=C(CNc1cc(C(F)(F)F)ccc1Cl)Nc1ccc(N2CCCC2)cc1. The second-order valence-electron chi connectivity index (χ2n) is 6.34. The summed E-state index contributed by atoms with van der Waals surface area (Å²) in [6.07, 6.45) is -2.11. The average molecular weight is 398 g/mol. The molecule has 1 amide bonds. The summed E-state index contributed by atoms with van der Waals surface area (Å²) in [6, 6.07) is 10.4. The fourth-order valence-electron chi connectivity index (χ4n) is 2.95. The largest absolute Gasteiger partial charge is 0.416 e. The summed E-state index contributed by atoms with van der Waals surface area (Å²) in [4.78, 5) is 14.4. The molecule has 0 spiro atoms. The zero-order valence-corrected chi connectivity index (χ0v) is 15.2. The molecular formula is C19H19ClF3N3O. The highest BCUT2D eigenvalue weighted by atomic mass is 35.5. The lowest BCUT2D eigenvalue weighted by Crippen LogP contribution is -2.22. The molecule has 1 fully saturated rings. The zero-order valence-electron chi connectivity index (χ0n) is 14.4. The van der Waals surface area contributed by atoms with Crippen molar-refractivity contribution in [1.29, 1.82) is 0 Å². The molecule has 1 aliphatic rings. The highest BCUT2D eigenvalue weighted by molar-refractivity contribution is 6.33. The normalized spacial score (nSPS) is 14.3. The van der Waals surface area contributed by atoms with Crippen LogP contribution in [-0.2, 0) is 11.0 Å². The van der Waals surface area contributed by atoms with Crippen LogP contribution in [0.1, 0.15) is 18.4 Å². The second-order valence-corrected chi connectivity index (χ2v) is 6.74. The van der Waals surface area contributed by atoms with E-state index in [1.165, 1.54) is 12.8 Å². The minimum absolute atomic E-state index is 0.0611. The van der Waals surface area contributed by atoms with E-state index in [-0.39, 0.29) is 23.2 Å². The maximum absolute atomic E-state index is 12.8. The Hall–Kier alpha value is -2.41. The lowest BCUT2D eigenvalue weighted by Gasteiger charge is -2.18. The Balaban J connectivity index is 1.57. The molecule has 2 aromatic rings. The molecule has 144 valence electrons. The summed E-state index contributed by atoms with van der Waals surface area (Å²) in [5, 5.41) is 5.47. The molecule has 2 aromatic carbocycles. The van der Waals surface area contributed by atoms with E-state index in [0.29, 0.717) is 5.69 Å². The van der Waals surface area contributed by atoms with Crippen LogP contribution in [0.4, 0.5) is 30.2 Å². The molecule has 8 heteroatoms. The molecule has 1 aliphatic heterocycles. The topological polar surface area (TPSA) is 44.4 Å². The average Bonchev–Trinajstić information content (AvgIpc) is 3.15. The van der Waals surface area contributed by atoms with Crippen LogP contribution in [0.5, 0.6) is 0 Å². The van der Waals surface area contributed by atoms with Gasteiger partial charge in [0.2, 0.25) is 5.91 Å². The Morgan fingerprint density at radius 1 is 1.07 bits per heavy atom. The van der Waals surface area contributed by atoms with Crippen LogP contribution in [-0.4, -0.2) is 25.5 Å². The number of nitrogens with one attached hydrogen (secondary N) is 2. The predicted molar refractivity (Wildman–Crippen MR) is 101 cm³/mol. The van der Waals surface area contributed by atoms with Gasteiger partial charge < -0.3 is 15.5 Å². The van der Waals surface area contributed by atoms with Gasteiger partial charge >= 0.3 is 6.18 Å². The second kappa shape index (κ2) is 8.08. The highest BCUT2D eigenvalue weighted by Gasteiger charge is 2.31. The van der Waals surface area contributed by atoms with Crippen molar-refractivity contribution in [3.8, 4) is 0 Å². The van der Waals surface area contributed by atoms with Crippen molar-refractivity contribution < 1.29 is 18.0 Å². The number of alkyl halides is 3. The van der Waals surface area contributed by atoms with Crippen molar-refractivity contribution in [2.45, 2.75) is 19.0 Å². The van der Waals surface area contributed by atoms with Crippen molar-refractivity contribution >= 4 is 34.6 Å². The van der Waals surface area contributed by atoms with Crippen molar-refractivity contribution in [2.24, 2.45) is 0 Å². The Morgan fingerprint density at radius 3 is 2.37 bits per heavy atom. The van der Waals surface area contributed by atoms with Gasteiger partial charge in [0.25, 0.3) is 0 Å². The van der Waals surface area contributed by atoms with E-state index < -0.39 is 11.7 Å². The van der Waals surface area contributed by atoms with E-state index in [1.54, 1.807) is 0 Å². The van der Waals surface area contributed by atoms with Crippen LogP contribution < -0.4 is 15.5 Å². The molecule has 27 heavy (non-hydrogen) atoms. The number of rotatable bonds is 5. The molecule has 3 rings (SSSR count). The molecule has 0 aromatic heterocycles. The Morgan fingerprint density at radius 2 is 1.74 bits per heavy atom. The minimum atomic E-state index is -4.47. The van der Waals surface area contributed by atoms with E-state index in [1.807, 2.05) is 24.3 Å². The fraction of sp³-hybridized carbons (Fsp3) is 0.316. The van der Waals surface area contributed by atoms with Gasteiger partial charge in [-0.2, -0.15) is 13.2 Å². The quantitative estimate of drug-likeness (QED) is 0.745. The molecule has 0 saturated carbocycles. The number of benzene rings is 2. The van der Waals surface area contributed by atoms with Crippen LogP contribution in [0.25, 0.3) is 0 Å². The Bertz CT molecular complexity index is 803. The number of nitrogens with zero attached hydrogens (tertiary/aromatic N) is 1. The van der Waals surface area contributed by atoms with Gasteiger partial charge in [-0.05, 0) is 55.3 Å². The summed E-state index contributed by atoms with van der Waals surface area (Å²) in [6.45, 7) is 1.87. The van der Waals surface area contributed by atoms with Gasteiger partial charge in [0.1, 0.15) is 0 Å². The van der Waals surface area contributed by atoms with Gasteiger partial charge in [0, 0.05) is 24.5 Å². The van der Waals surface area contributed by atoms with Gasteiger partial charge in [-0.3, -0.25) is 4.79 Å². The number of halogens is 4. The smallest absolute Gasteiger partial charge is 0.375 e. The first-order chi connectivity index (χ1) is 12.8. The summed E-state index contributed by atoms with van der Waals surface area (Å²) in [5.74, 6) is -0.377. The first-order valence-corrected chi connectivity index (χ1v) is 8.96. The maximum Gasteiger partial charge on any atom is 0.416 e. The Kier molecular flexibility index (Phi) is 5.79. The number of amides is 1. The van der Waals surface area contributed by atoms with Gasteiger partial charge in [-0.25, -0.2) is 0 Å². The van der Waals surface area contributed by atoms with Crippen molar-refractivity contribution in [3.63, 3.8) is 0 Å². The molecular weight excluding hydrogens is 379 g/mol. The number of hydrogen-bond donors (Lipinski definition) is 2. The fourth-order valence-corrected chi connectivity index (χ4v) is 3.13. The van der Waals surface area contributed by atoms with Crippen molar-refractivity contribution in [3.05, 3.63) is 53.1 Å². The van der Waals surface area contributed by atoms with E-state index in [9.17, 15) is 18.0 Å². The van der Waals surface area contributed by atoms with E-state index in [2.05, 4.69) is 15.5 Å². The molecule has 0 radical (unpaired) electrons. The molecule has 1 heterocycles. The molecule has 0 atom stereocenters. The zero-order chi connectivity index (χ0) is 19.4. The molecule has 0 unspecified atom stereocenters. The van der Waals surface area contributed by atoms with Gasteiger partial charge in [-0.1, -0.05) is 11.6 Å². The first kappa shape index (κ1) is 19.4. The van der Waals surface area contributed by atoms with Crippen molar-refractivity contribution in [1.82, 2.24) is 0 Å². The van der Waals surface area contributed by atoms with Gasteiger partial charge in [0.05, 0.1) is 22.8 Å². The van der Waals surface area contributed by atoms with Crippen LogP contribution in [0.15, 0.2) is 42.5 Å². The molecule has 0 bridgehead atoms. The van der Waals surface area contributed by atoms with Crippen LogP contribution in [0.2, 0.25) is 5.02 Å². The summed E-state index contributed by atoms with van der Waals surface area (Å²) < 4.78 is 38.3. The maximum atomic E-state index is 12.8. The monoisotopic (exact) mass is 397 g/mol. The first-order valence-electron chi connectivity index (χ1n) is 8.58. The standard InChI is InChI=1S/C19H19ClF3N3O/c20-16-8-3-13(19(21,22)23)11-17(16)24-12-18(27)25-14-4-6-15(7-5-14)26-9-1-2-10-26/h3-8,11,24H,1-2,9-10,12H2,(H,25,27). The third-order valence-electron chi connectivity index (χ3n) is 4.36. The van der Waals surface area contributed by atoms with Gasteiger partial charge in [-0.15, -0.1) is 0 Å². The highest BCUT2D eigenvalue weighted by Crippen LogP contribution is 2.33. The number of carbonyl (C=O) groups excluding carboxylic acids is 1. The van der Waals surface area contributed by atoms with E-state index in [0.717, 1.165) is 37.0 Å². The molecule has 1 saturated heterocycles. The third-order valence-corrected chi connectivity index (χ3v) is 4.68. The van der Waals surface area contributed by atoms with E-state index in [4.69, 9.17) is 11.6 Å². The summed E-state index contributed by atoms with van der Waals surface area (Å²) in [7, 11) is 0.